The summed E-state index contributed by atoms with van der Waals surface area (Å²) in [7, 11) is 2.92. The quantitative estimate of drug-likeness (QED) is 0.363. The van der Waals surface area contributed by atoms with Crippen LogP contribution in [0.1, 0.15) is 23.4 Å². The van der Waals surface area contributed by atoms with E-state index in [2.05, 4.69) is 10.4 Å². The Morgan fingerprint density at radius 3 is 2.57 bits per heavy atom. The number of hydrogen-bond acceptors (Lipinski definition) is 7. The molecular formula is C25H25ClN4O5. The highest BCUT2D eigenvalue weighted by Crippen LogP contribution is 2.35. The molecule has 0 saturated carbocycles. The minimum Gasteiger partial charge on any atom is -0.495 e. The van der Waals surface area contributed by atoms with Gasteiger partial charge in [-0.1, -0.05) is 23.7 Å². The van der Waals surface area contributed by atoms with Gasteiger partial charge in [-0.05, 0) is 38.0 Å². The molecule has 0 aliphatic rings. The highest BCUT2D eigenvalue weighted by Gasteiger charge is 2.17. The molecule has 0 atom stereocenters. The Morgan fingerprint density at radius 2 is 1.83 bits per heavy atom. The third kappa shape index (κ3) is 5.00. The molecule has 1 N–H and O–H groups in total. The number of esters is 1. The molecule has 2 aromatic carbocycles. The number of anilines is 1. The first-order valence-corrected chi connectivity index (χ1v) is 11.3. The van der Waals surface area contributed by atoms with Gasteiger partial charge in [0.05, 0.1) is 30.4 Å². The molecule has 0 radical (unpaired) electrons. The summed E-state index contributed by atoms with van der Waals surface area (Å²) in [5.41, 5.74) is 4.66. The van der Waals surface area contributed by atoms with Crippen LogP contribution in [0.15, 0.2) is 36.4 Å². The number of aryl methyl sites for hydroxylation is 2. The van der Waals surface area contributed by atoms with Crippen LogP contribution in [0.3, 0.4) is 0 Å². The Balaban J connectivity index is 1.38. The molecule has 2 heterocycles. The van der Waals surface area contributed by atoms with Gasteiger partial charge < -0.3 is 19.5 Å². The van der Waals surface area contributed by atoms with Crippen LogP contribution in [0.25, 0.3) is 16.6 Å². The Hall–Kier alpha value is -3.85. The minimum absolute atomic E-state index is 0.0982. The Labute approximate surface area is 206 Å². The van der Waals surface area contributed by atoms with Gasteiger partial charge in [-0.2, -0.15) is 5.10 Å². The van der Waals surface area contributed by atoms with Gasteiger partial charge in [0.15, 0.2) is 12.3 Å². The van der Waals surface area contributed by atoms with Crippen molar-refractivity contribution in [3.8, 4) is 11.5 Å². The summed E-state index contributed by atoms with van der Waals surface area (Å²) >= 11 is 6.08. The lowest BCUT2D eigenvalue weighted by atomic mass is 10.1. The third-order valence-electron chi connectivity index (χ3n) is 5.71. The number of ether oxygens (including phenoxy) is 3. The molecule has 0 aliphatic heterocycles. The second-order valence-electron chi connectivity index (χ2n) is 7.91. The van der Waals surface area contributed by atoms with Gasteiger partial charge in [-0.25, -0.2) is 9.50 Å². The summed E-state index contributed by atoms with van der Waals surface area (Å²) in [6, 6.07) is 10.9. The van der Waals surface area contributed by atoms with E-state index in [1.807, 2.05) is 38.1 Å². The van der Waals surface area contributed by atoms with Gasteiger partial charge in [0.25, 0.3) is 5.91 Å². The number of nitrogens with one attached hydrogen (secondary N) is 1. The number of rotatable bonds is 8. The van der Waals surface area contributed by atoms with E-state index >= 15 is 0 Å². The number of carbonyl (C=O) groups excluding carboxylic acids is 2. The number of carbonyl (C=O) groups is 2. The molecule has 182 valence electrons. The first-order valence-electron chi connectivity index (χ1n) is 10.9. The average Bonchev–Trinajstić information content (AvgIpc) is 3.22. The largest absolute Gasteiger partial charge is 0.495 e. The zero-order chi connectivity index (χ0) is 25.1. The van der Waals surface area contributed by atoms with Gasteiger partial charge in [0.2, 0.25) is 0 Å². The number of fused-ring (bicyclic) bond motifs is 3. The second-order valence-corrected chi connectivity index (χ2v) is 8.32. The third-order valence-corrected chi connectivity index (χ3v) is 6.00. The highest BCUT2D eigenvalue weighted by molar-refractivity contribution is 6.32. The van der Waals surface area contributed by atoms with Crippen molar-refractivity contribution in [3.05, 3.63) is 58.4 Å². The molecule has 0 bridgehead atoms. The summed E-state index contributed by atoms with van der Waals surface area (Å²) in [6.07, 6.45) is 0.514. The van der Waals surface area contributed by atoms with Crippen LogP contribution in [0.5, 0.6) is 11.5 Å². The number of methoxy groups -OCH3 is 2. The summed E-state index contributed by atoms with van der Waals surface area (Å²) in [6.45, 7) is 3.43. The molecule has 4 rings (SSSR count). The van der Waals surface area contributed by atoms with Crippen LogP contribution in [0, 0.1) is 13.8 Å². The smallest absolute Gasteiger partial charge is 0.306 e. The van der Waals surface area contributed by atoms with Gasteiger partial charge in [-0.3, -0.25) is 9.59 Å². The van der Waals surface area contributed by atoms with Crippen molar-refractivity contribution in [2.75, 3.05) is 26.1 Å². The zero-order valence-electron chi connectivity index (χ0n) is 19.8. The van der Waals surface area contributed by atoms with Gasteiger partial charge >= 0.3 is 5.97 Å². The Morgan fingerprint density at radius 1 is 1.09 bits per heavy atom. The van der Waals surface area contributed by atoms with Crippen LogP contribution in [-0.2, 0) is 20.7 Å². The van der Waals surface area contributed by atoms with Gasteiger partial charge in [0.1, 0.15) is 11.5 Å². The van der Waals surface area contributed by atoms with Crippen molar-refractivity contribution < 1.29 is 23.8 Å². The molecule has 9 nitrogen and oxygen atoms in total. The number of nitrogens with zero attached hydrogens (tertiary/aromatic N) is 3. The van der Waals surface area contributed by atoms with E-state index in [1.165, 1.54) is 26.4 Å². The van der Waals surface area contributed by atoms with Crippen LogP contribution in [0.4, 0.5) is 5.69 Å². The van der Waals surface area contributed by atoms with E-state index in [9.17, 15) is 9.59 Å². The maximum Gasteiger partial charge on any atom is 0.306 e. The lowest BCUT2D eigenvalue weighted by Gasteiger charge is -2.13. The number of halogens is 1. The monoisotopic (exact) mass is 496 g/mol. The molecule has 0 saturated heterocycles. The van der Waals surface area contributed by atoms with E-state index in [1.54, 1.807) is 4.52 Å². The van der Waals surface area contributed by atoms with Gasteiger partial charge in [0, 0.05) is 35.3 Å². The van der Waals surface area contributed by atoms with E-state index in [0.717, 1.165) is 33.5 Å². The molecular weight excluding hydrogens is 472 g/mol. The topological polar surface area (TPSA) is 104 Å². The highest BCUT2D eigenvalue weighted by atomic mass is 35.5. The Bertz CT molecular complexity index is 1430. The predicted octanol–water partition coefficient (Wildman–Crippen LogP) is 4.28. The minimum atomic E-state index is -0.514. The fourth-order valence-corrected chi connectivity index (χ4v) is 4.16. The summed E-state index contributed by atoms with van der Waals surface area (Å²) in [5, 5.41) is 8.59. The molecule has 1 amide bonds. The van der Waals surface area contributed by atoms with E-state index < -0.39 is 18.5 Å². The summed E-state index contributed by atoms with van der Waals surface area (Å²) < 4.78 is 17.4. The molecule has 10 heteroatoms. The standard InChI is InChI=1S/C25H25ClN4O5/c1-14-16(15(2)30-25(27-14)17-7-5-6-8-19(17)29-30)9-10-24(32)35-13-23(31)28-20-12-21(33-3)18(26)11-22(20)34-4/h5-8,11-12H,9-10,13H2,1-4H3,(H,28,31). The normalized spacial score (nSPS) is 11.0. The van der Waals surface area contributed by atoms with Crippen molar-refractivity contribution in [2.24, 2.45) is 0 Å². The fourth-order valence-electron chi connectivity index (χ4n) is 3.93. The lowest BCUT2D eigenvalue weighted by molar-refractivity contribution is -0.147. The number of aromatic nitrogens is 3. The maximum atomic E-state index is 12.4. The van der Waals surface area contributed by atoms with Crippen molar-refractivity contribution in [1.82, 2.24) is 14.6 Å². The molecule has 0 unspecified atom stereocenters. The van der Waals surface area contributed by atoms with Crippen molar-refractivity contribution in [3.63, 3.8) is 0 Å². The van der Waals surface area contributed by atoms with E-state index in [4.69, 9.17) is 30.8 Å². The summed E-state index contributed by atoms with van der Waals surface area (Å²) in [4.78, 5) is 29.4. The van der Waals surface area contributed by atoms with Crippen LogP contribution < -0.4 is 14.8 Å². The SMILES string of the molecule is COc1cc(NC(=O)COC(=O)CCc2c(C)nc3c4ccccc4nn3c2C)c(OC)cc1Cl. The molecule has 4 aromatic rings. The maximum absolute atomic E-state index is 12.4. The van der Waals surface area contributed by atoms with Crippen molar-refractivity contribution >= 4 is 45.7 Å². The first-order chi connectivity index (χ1) is 16.8. The lowest BCUT2D eigenvalue weighted by Crippen LogP contribution is -2.21. The molecule has 0 spiro atoms. The number of benzene rings is 2. The molecule has 0 aliphatic carbocycles. The van der Waals surface area contributed by atoms with Crippen LogP contribution in [0.2, 0.25) is 5.02 Å². The summed E-state index contributed by atoms with van der Waals surface area (Å²) in [5.74, 6) is -0.276. The number of amides is 1. The van der Waals surface area contributed by atoms with Crippen LogP contribution in [-0.4, -0.2) is 47.3 Å². The van der Waals surface area contributed by atoms with Crippen molar-refractivity contribution in [1.29, 1.82) is 0 Å². The first kappa shape index (κ1) is 24.3. The van der Waals surface area contributed by atoms with E-state index in [0.29, 0.717) is 28.6 Å². The molecule has 2 aromatic heterocycles. The predicted molar refractivity (Wildman–Crippen MR) is 132 cm³/mol. The van der Waals surface area contributed by atoms with Crippen LogP contribution >= 0.6 is 11.6 Å². The van der Waals surface area contributed by atoms with E-state index in [-0.39, 0.29) is 6.42 Å². The van der Waals surface area contributed by atoms with Crippen molar-refractivity contribution in [2.45, 2.75) is 26.7 Å². The molecule has 0 fully saturated rings. The molecule has 35 heavy (non-hydrogen) atoms. The second kappa shape index (κ2) is 10.2. The average molecular weight is 497 g/mol. The zero-order valence-corrected chi connectivity index (χ0v) is 20.6. The number of hydrogen-bond donors (Lipinski definition) is 1. The fraction of sp³-hybridized carbons (Fsp3) is 0.280. The van der Waals surface area contributed by atoms with Gasteiger partial charge in [-0.15, -0.1) is 0 Å². The Kier molecular flexibility index (Phi) is 7.07.